The van der Waals surface area contributed by atoms with Gasteiger partial charge in [-0.25, -0.2) is 9.97 Å². The Morgan fingerprint density at radius 1 is 1.32 bits per heavy atom. The number of halogens is 4. The molecule has 31 heavy (non-hydrogen) atoms. The molecule has 0 spiro atoms. The molecule has 8 nitrogen and oxygen atoms in total. The van der Waals surface area contributed by atoms with Gasteiger partial charge in [0.15, 0.2) is 11.6 Å². The number of ether oxygens (including phenoxy) is 1. The van der Waals surface area contributed by atoms with Crippen LogP contribution in [-0.2, 0) is 0 Å². The van der Waals surface area contributed by atoms with Crippen molar-refractivity contribution in [2.24, 2.45) is 0 Å². The van der Waals surface area contributed by atoms with Crippen LogP contribution in [0.2, 0.25) is 0 Å². The van der Waals surface area contributed by atoms with Crippen molar-refractivity contribution in [1.82, 2.24) is 25.1 Å². The van der Waals surface area contributed by atoms with Gasteiger partial charge < -0.3 is 10.1 Å². The Labute approximate surface area is 182 Å². The third-order valence-electron chi connectivity index (χ3n) is 3.93. The van der Waals surface area contributed by atoms with Gasteiger partial charge in [-0.1, -0.05) is 15.9 Å². The van der Waals surface area contributed by atoms with E-state index in [0.29, 0.717) is 23.0 Å². The van der Waals surface area contributed by atoms with Gasteiger partial charge in [-0.15, -0.1) is 18.3 Å². The topological polar surface area (TPSA) is 106 Å². The number of pyridine rings is 1. The van der Waals surface area contributed by atoms with Crippen molar-refractivity contribution < 1.29 is 22.7 Å². The largest absolute Gasteiger partial charge is 0.573 e. The molecule has 0 radical (unpaired) electrons. The number of hydrogen-bond donors (Lipinski definition) is 1. The van der Waals surface area contributed by atoms with E-state index in [1.54, 1.807) is 26.0 Å². The van der Waals surface area contributed by atoms with E-state index in [2.05, 4.69) is 41.1 Å². The molecular formula is C19H14BrF3N6O2. The van der Waals surface area contributed by atoms with E-state index in [1.807, 2.05) is 6.07 Å². The predicted molar refractivity (Wildman–Crippen MR) is 105 cm³/mol. The third kappa shape index (κ3) is 5.58. The molecule has 0 aliphatic heterocycles. The van der Waals surface area contributed by atoms with Crippen molar-refractivity contribution in [3.63, 3.8) is 0 Å². The minimum absolute atomic E-state index is 0.0419. The van der Waals surface area contributed by atoms with Gasteiger partial charge in [-0.2, -0.15) is 9.94 Å². The van der Waals surface area contributed by atoms with Crippen LogP contribution in [0.1, 0.15) is 40.5 Å². The zero-order valence-corrected chi connectivity index (χ0v) is 17.7. The summed E-state index contributed by atoms with van der Waals surface area (Å²) in [7, 11) is 0. The van der Waals surface area contributed by atoms with Crippen molar-refractivity contribution in [2.75, 3.05) is 0 Å². The molecular weight excluding hydrogens is 481 g/mol. The Bertz CT molecular complexity index is 1150. The summed E-state index contributed by atoms with van der Waals surface area (Å²) in [5.41, 5.74) is 0.329. The number of nitriles is 1. The number of aryl methyl sites for hydroxylation is 1. The molecule has 1 N–H and O–H groups in total. The molecule has 3 rings (SSSR count). The first-order valence-electron chi connectivity index (χ1n) is 8.73. The zero-order valence-electron chi connectivity index (χ0n) is 16.1. The lowest BCUT2D eigenvalue weighted by molar-refractivity contribution is -0.274. The fourth-order valence-electron chi connectivity index (χ4n) is 2.69. The highest BCUT2D eigenvalue weighted by atomic mass is 79.9. The first-order valence-corrected chi connectivity index (χ1v) is 9.52. The number of carbonyl (C=O) groups is 1. The Kier molecular flexibility index (Phi) is 6.26. The Balaban J connectivity index is 1.84. The lowest BCUT2D eigenvalue weighted by Crippen LogP contribution is -2.29. The summed E-state index contributed by atoms with van der Waals surface area (Å²) in [5.74, 6) is -0.00398. The second kappa shape index (κ2) is 8.73. The Hall–Kier alpha value is -3.46. The fourth-order valence-corrected chi connectivity index (χ4v) is 3.16. The van der Waals surface area contributed by atoms with Crippen LogP contribution in [0.4, 0.5) is 13.2 Å². The maximum atomic E-state index is 12.7. The first-order chi connectivity index (χ1) is 14.6. The highest BCUT2D eigenvalue weighted by Crippen LogP contribution is 2.27. The van der Waals surface area contributed by atoms with Gasteiger partial charge in [0.1, 0.15) is 17.6 Å². The summed E-state index contributed by atoms with van der Waals surface area (Å²) in [6.07, 6.45) is -3.51. The number of carbonyl (C=O) groups excluding carboxylic acids is 1. The number of hydrogen-bond acceptors (Lipinski definition) is 6. The number of amides is 1. The highest BCUT2D eigenvalue weighted by Gasteiger charge is 2.31. The number of alkyl halides is 3. The van der Waals surface area contributed by atoms with Crippen LogP contribution in [0.3, 0.4) is 0 Å². The molecule has 1 amide bonds. The number of benzene rings is 1. The summed E-state index contributed by atoms with van der Waals surface area (Å²) in [5, 5.41) is 15.8. The maximum absolute atomic E-state index is 12.7. The maximum Gasteiger partial charge on any atom is 0.573 e. The van der Waals surface area contributed by atoms with Crippen LogP contribution in [0.5, 0.6) is 5.75 Å². The average Bonchev–Trinajstić information content (AvgIpc) is 3.08. The van der Waals surface area contributed by atoms with Crippen LogP contribution < -0.4 is 10.1 Å². The molecule has 0 saturated carbocycles. The summed E-state index contributed by atoms with van der Waals surface area (Å²) in [6.45, 7) is 3.31. The molecule has 1 aromatic carbocycles. The Morgan fingerprint density at radius 2 is 2.06 bits per heavy atom. The van der Waals surface area contributed by atoms with Crippen LogP contribution >= 0.6 is 15.9 Å². The lowest BCUT2D eigenvalue weighted by atomic mass is 10.2. The van der Waals surface area contributed by atoms with Crippen molar-refractivity contribution in [2.45, 2.75) is 26.3 Å². The third-order valence-corrected chi connectivity index (χ3v) is 4.39. The van der Waals surface area contributed by atoms with Gasteiger partial charge >= 0.3 is 6.36 Å². The molecule has 2 aromatic heterocycles. The van der Waals surface area contributed by atoms with E-state index in [-0.39, 0.29) is 10.0 Å². The SMILES string of the molecule is Cc1nc([C@H](C)NC(=O)c2cc(Br)cc(OC(F)(F)F)c2)n(-c2ccc(C#N)cn2)n1. The standard InChI is InChI=1S/C19H14BrF3N6O2/c1-10(17-27-11(2)28-29(17)16-4-3-12(8-24)9-25-16)26-18(30)13-5-14(20)7-15(6-13)31-19(21,22)23/h3-7,9-10H,1-2H3,(H,26,30)/t10-/m0/s1. The average molecular weight is 495 g/mol. The smallest absolute Gasteiger partial charge is 0.406 e. The van der Waals surface area contributed by atoms with Gasteiger partial charge in [-0.05, 0) is 44.2 Å². The van der Waals surface area contributed by atoms with E-state index in [0.717, 1.165) is 12.1 Å². The van der Waals surface area contributed by atoms with Crippen molar-refractivity contribution >= 4 is 21.8 Å². The van der Waals surface area contributed by atoms with Gasteiger partial charge in [-0.3, -0.25) is 4.79 Å². The number of nitrogens with one attached hydrogen (secondary N) is 1. The second-order valence-corrected chi connectivity index (χ2v) is 7.28. The minimum atomic E-state index is -4.89. The number of aromatic nitrogens is 4. The fraction of sp³-hybridized carbons (Fsp3) is 0.211. The molecule has 12 heteroatoms. The van der Waals surface area contributed by atoms with Gasteiger partial charge in [0.05, 0.1) is 11.6 Å². The molecule has 0 aliphatic rings. The molecule has 0 bridgehead atoms. The van der Waals surface area contributed by atoms with E-state index in [9.17, 15) is 18.0 Å². The number of rotatable bonds is 5. The minimum Gasteiger partial charge on any atom is -0.406 e. The monoisotopic (exact) mass is 494 g/mol. The van der Waals surface area contributed by atoms with Gasteiger partial charge in [0.2, 0.25) is 0 Å². The van der Waals surface area contributed by atoms with E-state index < -0.39 is 24.1 Å². The molecule has 160 valence electrons. The van der Waals surface area contributed by atoms with Gasteiger partial charge in [0.25, 0.3) is 5.91 Å². The lowest BCUT2D eigenvalue weighted by Gasteiger charge is -2.15. The van der Waals surface area contributed by atoms with E-state index in [1.165, 1.54) is 16.9 Å². The zero-order chi connectivity index (χ0) is 22.8. The van der Waals surface area contributed by atoms with Crippen molar-refractivity contribution in [1.29, 1.82) is 5.26 Å². The van der Waals surface area contributed by atoms with Crippen LogP contribution in [0.15, 0.2) is 41.0 Å². The molecule has 0 unspecified atom stereocenters. The van der Waals surface area contributed by atoms with E-state index >= 15 is 0 Å². The molecule has 1 atom stereocenters. The first kappa shape index (κ1) is 22.2. The quantitative estimate of drug-likeness (QED) is 0.574. The molecule has 0 fully saturated rings. The van der Waals surface area contributed by atoms with Crippen LogP contribution in [0, 0.1) is 18.3 Å². The summed E-state index contributed by atoms with van der Waals surface area (Å²) < 4.78 is 43.1. The summed E-state index contributed by atoms with van der Waals surface area (Å²) in [4.78, 5) is 21.1. The predicted octanol–water partition coefficient (Wildman–Crippen LogP) is 3.99. The molecule has 0 aliphatic carbocycles. The second-order valence-electron chi connectivity index (χ2n) is 6.36. The molecule has 0 saturated heterocycles. The van der Waals surface area contributed by atoms with Crippen LogP contribution in [0.25, 0.3) is 5.82 Å². The van der Waals surface area contributed by atoms with Crippen molar-refractivity contribution in [3.8, 4) is 17.6 Å². The Morgan fingerprint density at radius 3 is 2.68 bits per heavy atom. The van der Waals surface area contributed by atoms with Crippen molar-refractivity contribution in [3.05, 3.63) is 63.8 Å². The van der Waals surface area contributed by atoms with E-state index in [4.69, 9.17) is 5.26 Å². The van der Waals surface area contributed by atoms with Gasteiger partial charge in [0, 0.05) is 16.2 Å². The molecule has 2 heterocycles. The molecule has 3 aromatic rings. The number of nitrogens with zero attached hydrogens (tertiary/aromatic N) is 5. The summed E-state index contributed by atoms with van der Waals surface area (Å²) in [6, 6.07) is 7.90. The highest BCUT2D eigenvalue weighted by molar-refractivity contribution is 9.10. The normalized spacial score (nSPS) is 12.2. The van der Waals surface area contributed by atoms with Crippen LogP contribution in [-0.4, -0.2) is 32.0 Å². The summed E-state index contributed by atoms with van der Waals surface area (Å²) >= 11 is 3.07.